The van der Waals surface area contributed by atoms with Crippen LogP contribution in [0, 0.1) is 12.7 Å². The molecule has 2 aliphatic heterocycles. The summed E-state index contributed by atoms with van der Waals surface area (Å²) in [5, 5.41) is 3.75. The van der Waals surface area contributed by atoms with Crippen LogP contribution in [0.15, 0.2) is 16.9 Å². The number of rotatable bonds is 4. The number of fused-ring (bicyclic) bond motifs is 5. The van der Waals surface area contributed by atoms with E-state index in [0.29, 0.717) is 59.3 Å². The maximum Gasteiger partial charge on any atom is 0.343 e. The Labute approximate surface area is 241 Å². The molecule has 0 radical (unpaired) electrons. The third kappa shape index (κ3) is 4.74. The van der Waals surface area contributed by atoms with Crippen molar-refractivity contribution in [3.63, 3.8) is 0 Å². The maximum atomic E-state index is 14.8. The van der Waals surface area contributed by atoms with E-state index in [1.54, 1.807) is 24.5 Å². The van der Waals surface area contributed by atoms with Gasteiger partial charge in [0.15, 0.2) is 5.60 Å². The molecule has 3 aromatic rings. The van der Waals surface area contributed by atoms with Crippen molar-refractivity contribution in [2.75, 3.05) is 7.11 Å². The lowest BCUT2D eigenvalue weighted by Gasteiger charge is -2.35. The van der Waals surface area contributed by atoms with Crippen LogP contribution in [0.1, 0.15) is 101 Å². The van der Waals surface area contributed by atoms with E-state index in [-0.39, 0.29) is 30.6 Å². The average molecular weight is 568 g/mol. The third-order valence-corrected chi connectivity index (χ3v) is 7.96. The van der Waals surface area contributed by atoms with Crippen molar-refractivity contribution in [1.29, 1.82) is 0 Å². The fraction of sp³-hybridized carbons (Fsp3) is 0.500. The van der Waals surface area contributed by atoms with Crippen molar-refractivity contribution < 1.29 is 23.5 Å². The molecular formula is C32H42FN3O5. The third-order valence-electron chi connectivity index (χ3n) is 7.96. The van der Waals surface area contributed by atoms with Crippen molar-refractivity contribution >= 4 is 23.3 Å². The zero-order valence-electron chi connectivity index (χ0n) is 25.7. The highest BCUT2D eigenvalue weighted by Gasteiger charge is 2.47. The lowest BCUT2D eigenvalue weighted by Crippen LogP contribution is -2.45. The summed E-state index contributed by atoms with van der Waals surface area (Å²) >= 11 is 0. The molecule has 4 heterocycles. The number of nitrogens with zero attached hydrogens (tertiary/aromatic N) is 2. The van der Waals surface area contributed by atoms with Crippen LogP contribution >= 0.6 is 0 Å². The lowest BCUT2D eigenvalue weighted by molar-refractivity contribution is -0.176. The van der Waals surface area contributed by atoms with E-state index in [1.807, 2.05) is 41.5 Å². The number of hydrogen-bond donors (Lipinski definition) is 1. The van der Waals surface area contributed by atoms with Gasteiger partial charge in [0, 0.05) is 29.7 Å². The Balaban J connectivity index is 0.000000725. The van der Waals surface area contributed by atoms with Gasteiger partial charge in [-0.3, -0.25) is 9.59 Å². The zero-order valence-corrected chi connectivity index (χ0v) is 25.7. The van der Waals surface area contributed by atoms with Crippen LogP contribution in [-0.2, 0) is 44.2 Å². The Morgan fingerprint density at radius 3 is 2.44 bits per heavy atom. The Hall–Kier alpha value is -3.59. The summed E-state index contributed by atoms with van der Waals surface area (Å²) in [6.45, 7) is 15.7. The first-order chi connectivity index (χ1) is 19.9. The highest BCUT2D eigenvalue weighted by atomic mass is 19.1. The summed E-state index contributed by atoms with van der Waals surface area (Å²) in [7, 11) is 1.43. The number of aryl methyl sites for hydroxylation is 1. The Morgan fingerprint density at radius 1 is 1.15 bits per heavy atom. The zero-order chi connectivity index (χ0) is 30.6. The predicted octanol–water partition coefficient (Wildman–Crippen LogP) is 5.99. The lowest BCUT2D eigenvalue weighted by atomic mass is 9.81. The Kier molecular flexibility index (Phi) is 10.1. The first kappa shape index (κ1) is 31.9. The standard InChI is InChI=1S/C26H24FN3O5.3C2H6/c1-4-26(34-3)16-7-20-23-14(9-30(20)24(32)15(16)10-35-25(26)33)22-18(28-11-31)6-5-13-12(2)17(27)8-19(29-23)21(13)22;3*1-2/h7-8,11,18H,4-6,9-10H2,1-3H3,(H,28,31);3*1-2H3. The van der Waals surface area contributed by atoms with Gasteiger partial charge in [0.2, 0.25) is 6.41 Å². The van der Waals surface area contributed by atoms with Crippen LogP contribution in [0.5, 0.6) is 0 Å². The van der Waals surface area contributed by atoms with Crippen molar-refractivity contribution in [2.45, 2.75) is 99.4 Å². The van der Waals surface area contributed by atoms with E-state index in [2.05, 4.69) is 5.32 Å². The van der Waals surface area contributed by atoms with Gasteiger partial charge >= 0.3 is 5.97 Å². The molecule has 0 bridgehead atoms. The molecule has 0 fully saturated rings. The molecule has 0 spiro atoms. The molecule has 6 rings (SSSR count). The second kappa shape index (κ2) is 12.9. The maximum absolute atomic E-state index is 14.8. The van der Waals surface area contributed by atoms with Gasteiger partial charge in [0.25, 0.3) is 5.56 Å². The first-order valence-electron chi connectivity index (χ1n) is 14.7. The van der Waals surface area contributed by atoms with Gasteiger partial charge in [0.1, 0.15) is 12.4 Å². The number of carbonyl (C=O) groups excluding carboxylic acids is 2. The van der Waals surface area contributed by atoms with E-state index in [9.17, 15) is 18.8 Å². The molecule has 1 aromatic carbocycles. The second-order valence-electron chi connectivity index (χ2n) is 9.36. The molecule has 9 heteroatoms. The SMILES string of the molecule is CC.CC.CC.CCC1(OC)C(=O)OCc2c1cc1n(c2=O)Cc2c-1nc1cc(F)c(C)c3c1c2C(NC=O)CC3. The Morgan fingerprint density at radius 2 is 1.83 bits per heavy atom. The monoisotopic (exact) mass is 567 g/mol. The summed E-state index contributed by atoms with van der Waals surface area (Å²) in [6, 6.07) is 2.93. The molecule has 222 valence electrons. The second-order valence-corrected chi connectivity index (χ2v) is 9.36. The quantitative estimate of drug-likeness (QED) is 0.240. The average Bonchev–Trinajstić information content (AvgIpc) is 3.38. The van der Waals surface area contributed by atoms with Gasteiger partial charge in [0.05, 0.1) is 35.1 Å². The highest BCUT2D eigenvalue weighted by Crippen LogP contribution is 2.46. The van der Waals surface area contributed by atoms with Crippen LogP contribution < -0.4 is 10.9 Å². The number of methoxy groups -OCH3 is 1. The summed E-state index contributed by atoms with van der Waals surface area (Å²) in [6.07, 6.45) is 2.20. The van der Waals surface area contributed by atoms with Gasteiger partial charge in [-0.05, 0) is 48.9 Å². The van der Waals surface area contributed by atoms with Gasteiger partial charge in [-0.1, -0.05) is 48.5 Å². The molecule has 1 aliphatic carbocycles. The normalized spacial score (nSPS) is 19.1. The number of ether oxygens (including phenoxy) is 2. The molecule has 1 amide bonds. The molecule has 2 atom stereocenters. The molecule has 1 N–H and O–H groups in total. The van der Waals surface area contributed by atoms with Crippen molar-refractivity contribution in [2.24, 2.45) is 0 Å². The molecule has 2 unspecified atom stereocenters. The fourth-order valence-corrected chi connectivity index (χ4v) is 6.13. The van der Waals surface area contributed by atoms with E-state index >= 15 is 0 Å². The number of benzene rings is 1. The molecule has 8 nitrogen and oxygen atoms in total. The summed E-state index contributed by atoms with van der Waals surface area (Å²) in [4.78, 5) is 42.7. The van der Waals surface area contributed by atoms with Crippen molar-refractivity contribution in [3.8, 4) is 11.4 Å². The molecule has 41 heavy (non-hydrogen) atoms. The van der Waals surface area contributed by atoms with Gasteiger partial charge < -0.3 is 19.4 Å². The summed E-state index contributed by atoms with van der Waals surface area (Å²) in [5.41, 5.74) is 3.98. The van der Waals surface area contributed by atoms with Gasteiger partial charge in [-0.15, -0.1) is 0 Å². The number of hydrogen-bond acceptors (Lipinski definition) is 6. The number of halogens is 1. The number of pyridine rings is 2. The van der Waals surface area contributed by atoms with E-state index < -0.39 is 11.6 Å². The molecule has 0 saturated heterocycles. The number of esters is 1. The molecular weight excluding hydrogens is 525 g/mol. The number of carbonyl (C=O) groups is 2. The molecule has 3 aliphatic rings. The number of aromatic nitrogens is 2. The smallest absolute Gasteiger partial charge is 0.343 e. The minimum absolute atomic E-state index is 0.124. The predicted molar refractivity (Wildman–Crippen MR) is 158 cm³/mol. The minimum Gasteiger partial charge on any atom is -0.458 e. The first-order valence-corrected chi connectivity index (χ1v) is 14.7. The van der Waals surface area contributed by atoms with E-state index in [0.717, 1.165) is 22.1 Å². The van der Waals surface area contributed by atoms with Crippen molar-refractivity contribution in [1.82, 2.24) is 14.9 Å². The summed E-state index contributed by atoms with van der Waals surface area (Å²) in [5.74, 6) is -0.864. The van der Waals surface area contributed by atoms with Crippen LogP contribution in [-0.4, -0.2) is 29.0 Å². The topological polar surface area (TPSA) is 99.5 Å². The van der Waals surface area contributed by atoms with Crippen LogP contribution in [0.4, 0.5) is 4.39 Å². The number of amides is 1. The number of nitrogens with one attached hydrogen (secondary N) is 1. The van der Waals surface area contributed by atoms with Crippen LogP contribution in [0.25, 0.3) is 22.3 Å². The fourth-order valence-electron chi connectivity index (χ4n) is 6.13. The van der Waals surface area contributed by atoms with E-state index in [1.165, 1.54) is 13.2 Å². The van der Waals surface area contributed by atoms with Gasteiger partial charge in [-0.25, -0.2) is 14.2 Å². The molecule has 0 saturated carbocycles. The van der Waals surface area contributed by atoms with E-state index in [4.69, 9.17) is 14.5 Å². The molecule has 2 aromatic heterocycles. The van der Waals surface area contributed by atoms with Crippen LogP contribution in [0.2, 0.25) is 0 Å². The highest BCUT2D eigenvalue weighted by molar-refractivity contribution is 5.93. The van der Waals surface area contributed by atoms with Gasteiger partial charge in [-0.2, -0.15) is 0 Å². The minimum atomic E-state index is -1.38. The summed E-state index contributed by atoms with van der Waals surface area (Å²) < 4.78 is 27.4. The largest absolute Gasteiger partial charge is 0.458 e. The number of cyclic esters (lactones) is 1. The van der Waals surface area contributed by atoms with Crippen molar-refractivity contribution in [3.05, 3.63) is 61.7 Å². The Bertz CT molecular complexity index is 1520. The van der Waals surface area contributed by atoms with Crippen LogP contribution in [0.3, 0.4) is 0 Å².